The van der Waals surface area contributed by atoms with Gasteiger partial charge in [-0.3, -0.25) is 0 Å². The summed E-state index contributed by atoms with van der Waals surface area (Å²) in [5.74, 6) is 0.920. The number of H-pyrrole nitrogens is 1. The summed E-state index contributed by atoms with van der Waals surface area (Å²) in [7, 11) is 0. The van der Waals surface area contributed by atoms with Gasteiger partial charge in [0, 0.05) is 26.1 Å². The molecule has 2 rings (SSSR count). The summed E-state index contributed by atoms with van der Waals surface area (Å²) in [6, 6.07) is 7.93. The highest BCUT2D eigenvalue weighted by molar-refractivity contribution is 7.80. The number of aromatic amines is 1. The number of carbonyl (C=O) groups is 1. The van der Waals surface area contributed by atoms with Crippen LogP contribution in [0.5, 0.6) is 0 Å². The maximum atomic E-state index is 11.5. The van der Waals surface area contributed by atoms with Gasteiger partial charge in [0.25, 0.3) is 0 Å². The molecule has 0 aliphatic heterocycles. The van der Waals surface area contributed by atoms with Crippen molar-refractivity contribution in [1.29, 1.82) is 0 Å². The summed E-state index contributed by atoms with van der Waals surface area (Å²) in [5, 5.41) is 9.36. The summed E-state index contributed by atoms with van der Waals surface area (Å²) in [6.45, 7) is 7.10. The average Bonchev–Trinajstić information content (AvgIpc) is 2.92. The predicted octanol–water partition coefficient (Wildman–Crippen LogP) is 2.09. The summed E-state index contributed by atoms with van der Waals surface area (Å²) < 4.78 is 5.15. The zero-order chi connectivity index (χ0) is 18.3. The van der Waals surface area contributed by atoms with Crippen LogP contribution in [0, 0.1) is 0 Å². The lowest BCUT2D eigenvalue weighted by Gasteiger charge is -2.19. The van der Waals surface area contributed by atoms with Gasteiger partial charge in [0.05, 0.1) is 11.0 Å². The first kappa shape index (κ1) is 19.0. The number of hydrogen-bond acceptors (Lipinski definition) is 4. The van der Waals surface area contributed by atoms with Crippen molar-refractivity contribution in [3.8, 4) is 0 Å². The molecule has 0 aliphatic rings. The summed E-state index contributed by atoms with van der Waals surface area (Å²) in [6.07, 6.45) is 0.310. The average molecular weight is 363 g/mol. The van der Waals surface area contributed by atoms with Crippen LogP contribution < -0.4 is 16.0 Å². The van der Waals surface area contributed by atoms with Gasteiger partial charge < -0.3 is 25.7 Å². The first-order valence-electron chi connectivity index (χ1n) is 8.26. The van der Waals surface area contributed by atoms with Gasteiger partial charge in [-0.15, -0.1) is 0 Å². The van der Waals surface area contributed by atoms with Crippen LogP contribution in [0.2, 0.25) is 0 Å². The van der Waals surface area contributed by atoms with Crippen molar-refractivity contribution in [3.63, 3.8) is 0 Å². The van der Waals surface area contributed by atoms with E-state index in [1.54, 1.807) is 0 Å². The van der Waals surface area contributed by atoms with Gasteiger partial charge in [0.15, 0.2) is 5.11 Å². The third-order valence-electron chi connectivity index (χ3n) is 3.16. The first-order chi connectivity index (χ1) is 11.8. The Morgan fingerprint density at radius 2 is 1.84 bits per heavy atom. The molecule has 136 valence electrons. The normalized spacial score (nSPS) is 11.2. The predicted molar refractivity (Wildman–Crippen MR) is 103 cm³/mol. The molecule has 8 heteroatoms. The molecule has 0 fully saturated rings. The fourth-order valence-electron chi connectivity index (χ4n) is 2.14. The van der Waals surface area contributed by atoms with Crippen LogP contribution in [-0.2, 0) is 11.2 Å². The van der Waals surface area contributed by atoms with Crippen molar-refractivity contribution in [2.75, 3.05) is 19.6 Å². The van der Waals surface area contributed by atoms with Crippen LogP contribution >= 0.6 is 12.2 Å². The molecule has 0 aliphatic carbocycles. The number of hydrogen-bond donors (Lipinski definition) is 4. The highest BCUT2D eigenvalue weighted by atomic mass is 32.1. The van der Waals surface area contributed by atoms with E-state index in [-0.39, 0.29) is 0 Å². The van der Waals surface area contributed by atoms with Crippen LogP contribution in [0.1, 0.15) is 26.6 Å². The molecule has 1 amide bonds. The fourth-order valence-corrected chi connectivity index (χ4v) is 2.34. The Morgan fingerprint density at radius 3 is 2.56 bits per heavy atom. The van der Waals surface area contributed by atoms with Crippen molar-refractivity contribution in [3.05, 3.63) is 30.1 Å². The molecule has 1 aromatic carbocycles. The quantitative estimate of drug-likeness (QED) is 0.464. The van der Waals surface area contributed by atoms with Crippen LogP contribution in [0.4, 0.5) is 4.79 Å². The number of nitrogens with zero attached hydrogens (tertiary/aromatic N) is 1. The number of amides is 1. The van der Waals surface area contributed by atoms with Crippen molar-refractivity contribution in [1.82, 2.24) is 25.9 Å². The number of fused-ring (bicyclic) bond motifs is 1. The molecule has 2 aromatic rings. The zero-order valence-electron chi connectivity index (χ0n) is 14.8. The number of ether oxygens (including phenoxy) is 1. The lowest BCUT2D eigenvalue weighted by Crippen LogP contribution is -2.41. The number of imidazole rings is 1. The van der Waals surface area contributed by atoms with E-state index in [2.05, 4.69) is 25.9 Å². The Labute approximate surface area is 152 Å². The Kier molecular flexibility index (Phi) is 6.58. The SMILES string of the molecule is CC(C)(C)OC(=O)NCCNC(=S)NCCc1nc2ccccc2[nH]1. The molecule has 0 unspecified atom stereocenters. The number of para-hydroxylation sites is 2. The van der Waals surface area contributed by atoms with Crippen LogP contribution in [0.15, 0.2) is 24.3 Å². The van der Waals surface area contributed by atoms with E-state index in [1.807, 2.05) is 45.0 Å². The number of carbonyl (C=O) groups excluding carboxylic acids is 1. The zero-order valence-corrected chi connectivity index (χ0v) is 15.6. The number of thiocarbonyl (C=S) groups is 1. The van der Waals surface area contributed by atoms with E-state index in [0.29, 0.717) is 24.7 Å². The van der Waals surface area contributed by atoms with E-state index in [0.717, 1.165) is 23.3 Å². The van der Waals surface area contributed by atoms with E-state index in [4.69, 9.17) is 17.0 Å². The van der Waals surface area contributed by atoms with Crippen molar-refractivity contribution >= 4 is 34.5 Å². The first-order valence-corrected chi connectivity index (χ1v) is 8.66. The number of aromatic nitrogens is 2. The van der Waals surface area contributed by atoms with E-state index >= 15 is 0 Å². The Bertz CT molecular complexity index is 690. The maximum Gasteiger partial charge on any atom is 0.407 e. The molecule has 0 radical (unpaired) electrons. The van der Waals surface area contributed by atoms with Gasteiger partial charge in [-0.1, -0.05) is 12.1 Å². The third kappa shape index (κ3) is 6.96. The number of rotatable bonds is 6. The molecule has 1 heterocycles. The van der Waals surface area contributed by atoms with E-state index < -0.39 is 11.7 Å². The molecule has 0 bridgehead atoms. The summed E-state index contributed by atoms with van der Waals surface area (Å²) in [5.41, 5.74) is 1.50. The molecule has 25 heavy (non-hydrogen) atoms. The Hall–Kier alpha value is -2.35. The molecule has 0 spiro atoms. The smallest absolute Gasteiger partial charge is 0.407 e. The molecular weight excluding hydrogens is 338 g/mol. The molecular formula is C17H25N5O2S. The van der Waals surface area contributed by atoms with E-state index in [1.165, 1.54) is 0 Å². The van der Waals surface area contributed by atoms with Crippen molar-refractivity contribution in [2.24, 2.45) is 0 Å². The van der Waals surface area contributed by atoms with Gasteiger partial charge in [0.1, 0.15) is 11.4 Å². The Morgan fingerprint density at radius 1 is 1.16 bits per heavy atom. The monoisotopic (exact) mass is 363 g/mol. The number of nitrogens with one attached hydrogen (secondary N) is 4. The second kappa shape index (κ2) is 8.66. The lowest BCUT2D eigenvalue weighted by molar-refractivity contribution is 0.0529. The van der Waals surface area contributed by atoms with Crippen LogP contribution in [0.25, 0.3) is 11.0 Å². The van der Waals surface area contributed by atoms with E-state index in [9.17, 15) is 4.79 Å². The molecule has 0 saturated carbocycles. The largest absolute Gasteiger partial charge is 0.444 e. The van der Waals surface area contributed by atoms with Crippen molar-refractivity contribution in [2.45, 2.75) is 32.8 Å². The topological polar surface area (TPSA) is 91.1 Å². The second-order valence-electron chi connectivity index (χ2n) is 6.56. The molecule has 7 nitrogen and oxygen atoms in total. The van der Waals surface area contributed by atoms with Crippen LogP contribution in [-0.4, -0.2) is 46.4 Å². The number of alkyl carbamates (subject to hydrolysis) is 1. The summed E-state index contributed by atoms with van der Waals surface area (Å²) in [4.78, 5) is 19.3. The minimum absolute atomic E-state index is 0.431. The minimum atomic E-state index is -0.495. The van der Waals surface area contributed by atoms with Gasteiger partial charge in [-0.25, -0.2) is 9.78 Å². The van der Waals surface area contributed by atoms with Crippen molar-refractivity contribution < 1.29 is 9.53 Å². The van der Waals surface area contributed by atoms with Gasteiger partial charge in [-0.2, -0.15) is 0 Å². The van der Waals surface area contributed by atoms with Gasteiger partial charge in [0.2, 0.25) is 0 Å². The second-order valence-corrected chi connectivity index (χ2v) is 6.97. The minimum Gasteiger partial charge on any atom is -0.444 e. The van der Waals surface area contributed by atoms with Gasteiger partial charge in [-0.05, 0) is 45.1 Å². The standard InChI is InChI=1S/C17H25N5O2S/c1-17(2,3)24-16(23)20-11-10-19-15(25)18-9-8-14-21-12-6-4-5-7-13(12)22-14/h4-7H,8-11H2,1-3H3,(H,20,23)(H,21,22)(H2,18,19,25). The molecule has 0 saturated heterocycles. The number of benzene rings is 1. The highest BCUT2D eigenvalue weighted by Gasteiger charge is 2.15. The Balaban J connectivity index is 1.59. The van der Waals surface area contributed by atoms with Crippen LogP contribution in [0.3, 0.4) is 0 Å². The summed E-state index contributed by atoms with van der Waals surface area (Å²) >= 11 is 5.20. The molecule has 0 atom stereocenters. The maximum absolute atomic E-state index is 11.5. The van der Waals surface area contributed by atoms with Gasteiger partial charge >= 0.3 is 6.09 Å². The highest BCUT2D eigenvalue weighted by Crippen LogP contribution is 2.10. The third-order valence-corrected chi connectivity index (χ3v) is 3.45. The molecule has 1 aromatic heterocycles. The molecule has 4 N–H and O–H groups in total. The lowest BCUT2D eigenvalue weighted by atomic mass is 10.2. The fraction of sp³-hybridized carbons (Fsp3) is 0.471.